The Morgan fingerprint density at radius 3 is 0.625 bits per heavy atom. The van der Waals surface area contributed by atoms with Crippen molar-refractivity contribution >= 4 is 0 Å². The molecular formula is H3F6NTi. The zero-order valence-corrected chi connectivity index (χ0v) is 5.04. The standard InChI is InChI=1S/6FH.H3N.Ti/h6*1H;1H3;/q;;;;;;;+6/p-6. The zero-order valence-electron chi connectivity index (χ0n) is 3.47. The fraction of sp³-hybridized carbons (Fsp3) is 0. The minimum absolute atomic E-state index is 0. The predicted molar refractivity (Wildman–Crippen MR) is 11.7 cm³/mol. The van der Waals surface area contributed by atoms with E-state index in [0.717, 1.165) is 0 Å². The molecule has 0 radical (unpaired) electrons. The molecule has 0 aliphatic rings. The zero-order chi connectivity index (χ0) is 6.41. The average Bonchev–Trinajstić information content (AvgIpc) is 0.592. The number of rotatable bonds is 0. The van der Waals surface area contributed by atoms with Gasteiger partial charge in [-0.25, -0.2) is 0 Å². The van der Waals surface area contributed by atoms with E-state index >= 15 is 0 Å². The van der Waals surface area contributed by atoms with Crippen LogP contribution in [0.15, 0.2) is 0 Å². The first-order valence-corrected chi connectivity index (χ1v) is 4.68. The van der Waals surface area contributed by atoms with Crippen molar-refractivity contribution < 1.29 is 35.8 Å². The maximum atomic E-state index is 9.92. The molecule has 3 N–H and O–H groups in total. The van der Waals surface area contributed by atoms with Crippen molar-refractivity contribution in [3.05, 3.63) is 0 Å². The van der Waals surface area contributed by atoms with E-state index < -0.39 is 17.2 Å². The molecule has 0 rings (SSSR count). The van der Waals surface area contributed by atoms with Crippen LogP contribution >= 0.6 is 0 Å². The Hall–Kier alpha value is 0.254. The summed E-state index contributed by atoms with van der Waals surface area (Å²) in [6.45, 7) is 0. The first kappa shape index (κ1) is 11.1. The number of hydrogen-bond donors (Lipinski definition) is 1. The van der Waals surface area contributed by atoms with E-state index in [4.69, 9.17) is 0 Å². The summed E-state index contributed by atoms with van der Waals surface area (Å²) in [7, 11) is 0. The quantitative estimate of drug-likeness (QED) is 0.450. The topological polar surface area (TPSA) is 35.0 Å². The molecule has 0 heterocycles. The second-order valence-corrected chi connectivity index (χ2v) is 4.42. The monoisotopic (exact) mass is 179 g/mol. The van der Waals surface area contributed by atoms with Gasteiger partial charge in [0.2, 0.25) is 0 Å². The Labute approximate surface area is 42.7 Å². The van der Waals surface area contributed by atoms with Crippen LogP contribution < -0.4 is 6.15 Å². The summed E-state index contributed by atoms with van der Waals surface area (Å²) in [5, 5.41) is 0. The summed E-state index contributed by atoms with van der Waals surface area (Å²) < 4.78 is 59.5. The molecule has 0 aromatic carbocycles. The molecule has 0 bridgehead atoms. The summed E-state index contributed by atoms with van der Waals surface area (Å²) in [5.74, 6) is 0. The van der Waals surface area contributed by atoms with Crippen molar-refractivity contribution in [2.75, 3.05) is 0 Å². The van der Waals surface area contributed by atoms with Crippen LogP contribution in [0.3, 0.4) is 0 Å². The van der Waals surface area contributed by atoms with Crippen molar-refractivity contribution in [3.8, 4) is 0 Å². The fourth-order valence-electron chi connectivity index (χ4n) is 0. The molecule has 0 aromatic heterocycles. The molecular weight excluding hydrogens is 176 g/mol. The molecule has 0 saturated carbocycles. The van der Waals surface area contributed by atoms with E-state index in [9.17, 15) is 18.6 Å². The van der Waals surface area contributed by atoms with Crippen LogP contribution in [0.25, 0.3) is 0 Å². The van der Waals surface area contributed by atoms with Gasteiger partial charge in [-0.15, -0.1) is 0 Å². The molecule has 0 saturated heterocycles. The van der Waals surface area contributed by atoms with Gasteiger partial charge in [-0.2, -0.15) is 0 Å². The van der Waals surface area contributed by atoms with Crippen LogP contribution in [0.5, 0.6) is 0 Å². The third-order valence-electron chi connectivity index (χ3n) is 0. The van der Waals surface area contributed by atoms with Crippen LogP contribution in [0.2, 0.25) is 0 Å². The van der Waals surface area contributed by atoms with Crippen molar-refractivity contribution in [1.82, 2.24) is 6.15 Å². The van der Waals surface area contributed by atoms with Gasteiger partial charge in [0.1, 0.15) is 0 Å². The Morgan fingerprint density at radius 1 is 0.625 bits per heavy atom. The molecule has 0 atom stereocenters. The number of hydrogen-bond acceptors (Lipinski definition) is 1. The van der Waals surface area contributed by atoms with E-state index in [1.165, 1.54) is 0 Å². The summed E-state index contributed by atoms with van der Waals surface area (Å²) >= 11 is -11.2. The Bertz CT molecular complexity index is 67.1. The van der Waals surface area contributed by atoms with Gasteiger partial charge in [0.25, 0.3) is 0 Å². The van der Waals surface area contributed by atoms with Gasteiger partial charge in [0.05, 0.1) is 0 Å². The molecule has 0 aliphatic heterocycles. The van der Waals surface area contributed by atoms with E-state index in [-0.39, 0.29) is 6.15 Å². The maximum absolute atomic E-state index is 11.2. The molecule has 8 heavy (non-hydrogen) atoms. The second kappa shape index (κ2) is 1.22. The van der Waals surface area contributed by atoms with E-state index in [1.54, 1.807) is 0 Å². The van der Waals surface area contributed by atoms with E-state index in [0.29, 0.717) is 0 Å². The first-order chi connectivity index (χ1) is 2.45. The summed E-state index contributed by atoms with van der Waals surface area (Å²) in [5.41, 5.74) is 0. The van der Waals surface area contributed by atoms with Gasteiger partial charge < -0.3 is 6.15 Å². The molecule has 54 valence electrons. The van der Waals surface area contributed by atoms with Crippen molar-refractivity contribution in [1.29, 1.82) is 0 Å². The molecule has 1 nitrogen and oxygen atoms in total. The van der Waals surface area contributed by atoms with Gasteiger partial charge in [-0.1, -0.05) is 0 Å². The SMILES string of the molecule is N.[F][Ti]([F])([F])([F])([F])[F]. The Morgan fingerprint density at radius 2 is 0.625 bits per heavy atom. The van der Waals surface area contributed by atoms with Crippen LogP contribution in [-0.2, 0) is 17.2 Å². The predicted octanol–water partition coefficient (Wildman–Crippen LogP) is 2.68. The third-order valence-corrected chi connectivity index (χ3v) is 0. The van der Waals surface area contributed by atoms with Crippen LogP contribution in [0, 0.1) is 0 Å². The Balaban J connectivity index is 0. The molecule has 0 spiro atoms. The summed E-state index contributed by atoms with van der Waals surface area (Å²) in [4.78, 5) is 0. The summed E-state index contributed by atoms with van der Waals surface area (Å²) in [6.07, 6.45) is 0. The normalized spacial score (nSPS) is 20.2. The van der Waals surface area contributed by atoms with Crippen molar-refractivity contribution in [2.45, 2.75) is 0 Å². The Kier molecular flexibility index (Phi) is 1.69. The molecule has 0 amide bonds. The van der Waals surface area contributed by atoms with Gasteiger partial charge in [-0.3, -0.25) is 0 Å². The van der Waals surface area contributed by atoms with Crippen LogP contribution in [-0.4, -0.2) is 0 Å². The molecule has 0 fully saturated rings. The van der Waals surface area contributed by atoms with Gasteiger partial charge in [0.15, 0.2) is 0 Å². The van der Waals surface area contributed by atoms with E-state index in [1.807, 2.05) is 0 Å². The van der Waals surface area contributed by atoms with Crippen LogP contribution in [0.1, 0.15) is 0 Å². The molecule has 0 aliphatic carbocycles. The van der Waals surface area contributed by atoms with Crippen molar-refractivity contribution in [2.24, 2.45) is 0 Å². The van der Waals surface area contributed by atoms with E-state index in [2.05, 4.69) is 0 Å². The van der Waals surface area contributed by atoms with Crippen molar-refractivity contribution in [3.63, 3.8) is 0 Å². The van der Waals surface area contributed by atoms with Crippen LogP contribution in [0.4, 0.5) is 18.6 Å². The van der Waals surface area contributed by atoms with Gasteiger partial charge >= 0.3 is 35.8 Å². The molecule has 0 unspecified atom stereocenters. The molecule has 0 aromatic rings. The average molecular weight is 179 g/mol. The number of halogens is 6. The summed E-state index contributed by atoms with van der Waals surface area (Å²) in [6, 6.07) is 0. The minimum atomic E-state index is -11.2. The third kappa shape index (κ3) is 2670. The second-order valence-electron chi connectivity index (χ2n) is 1.07. The molecule has 8 heteroatoms. The van der Waals surface area contributed by atoms with Gasteiger partial charge in [-0.05, 0) is 0 Å². The first-order valence-electron chi connectivity index (χ1n) is 1.13. The van der Waals surface area contributed by atoms with Gasteiger partial charge in [0, 0.05) is 0 Å². The fourth-order valence-corrected chi connectivity index (χ4v) is 0.